The molecule has 0 atom stereocenters. The van der Waals surface area contributed by atoms with E-state index in [1.165, 1.54) is 6.26 Å². The van der Waals surface area contributed by atoms with Crippen molar-refractivity contribution in [1.82, 2.24) is 4.98 Å². The molecule has 1 aromatic heterocycles. The van der Waals surface area contributed by atoms with Crippen molar-refractivity contribution in [1.29, 1.82) is 0 Å². The van der Waals surface area contributed by atoms with E-state index in [2.05, 4.69) is 4.98 Å². The number of hydrogen-bond acceptors (Lipinski definition) is 3. The van der Waals surface area contributed by atoms with Crippen LogP contribution >= 0.6 is 0 Å². The molecule has 0 unspecified atom stereocenters. The maximum absolute atomic E-state index is 11.3. The maximum atomic E-state index is 11.3. The Balaban J connectivity index is 2.66. The highest BCUT2D eigenvalue weighted by molar-refractivity contribution is 7.90. The molecule has 4 nitrogen and oxygen atoms in total. The van der Waals surface area contributed by atoms with Gasteiger partial charge in [-0.05, 0) is 23.6 Å². The van der Waals surface area contributed by atoms with Gasteiger partial charge in [-0.3, -0.25) is 0 Å². The number of aromatic amines is 1. The van der Waals surface area contributed by atoms with Crippen molar-refractivity contribution < 1.29 is 8.42 Å². The third kappa shape index (κ3) is 1.88. The summed E-state index contributed by atoms with van der Waals surface area (Å²) in [4.78, 5) is 3.39. The van der Waals surface area contributed by atoms with Crippen molar-refractivity contribution in [3.63, 3.8) is 0 Å². The van der Waals surface area contributed by atoms with E-state index in [0.717, 1.165) is 16.6 Å². The molecule has 15 heavy (non-hydrogen) atoms. The third-order valence-electron chi connectivity index (χ3n) is 2.30. The number of aromatic nitrogens is 1. The molecule has 2 rings (SSSR count). The molecule has 1 aromatic carbocycles. The number of benzene rings is 1. The first kappa shape index (κ1) is 10.2. The molecule has 80 valence electrons. The molecule has 0 radical (unpaired) electrons. The lowest BCUT2D eigenvalue weighted by molar-refractivity contribution is 0.602. The first-order valence-electron chi connectivity index (χ1n) is 4.52. The molecule has 0 bridgehead atoms. The van der Waals surface area contributed by atoms with Crippen LogP contribution in [0.3, 0.4) is 0 Å². The molecular formula is C10H12N2O2S. The Morgan fingerprint density at radius 1 is 1.33 bits per heavy atom. The Hall–Kier alpha value is -1.33. The minimum atomic E-state index is -3.14. The second kappa shape index (κ2) is 3.36. The van der Waals surface area contributed by atoms with Gasteiger partial charge in [0.25, 0.3) is 0 Å². The van der Waals surface area contributed by atoms with Gasteiger partial charge in [-0.15, -0.1) is 0 Å². The third-order valence-corrected chi connectivity index (χ3v) is 3.41. The highest BCUT2D eigenvalue weighted by atomic mass is 32.2. The largest absolute Gasteiger partial charge is 0.357 e. The van der Waals surface area contributed by atoms with Crippen LogP contribution in [0, 0.1) is 0 Å². The Labute approximate surface area is 88.0 Å². The minimum absolute atomic E-state index is 0.320. The zero-order valence-corrected chi connectivity index (χ0v) is 9.14. The molecule has 3 N–H and O–H groups in total. The molecule has 0 fully saturated rings. The van der Waals surface area contributed by atoms with Crippen LogP contribution < -0.4 is 5.73 Å². The average molecular weight is 224 g/mol. The van der Waals surface area contributed by atoms with E-state index in [4.69, 9.17) is 5.73 Å². The van der Waals surface area contributed by atoms with E-state index < -0.39 is 9.84 Å². The second-order valence-electron chi connectivity index (χ2n) is 3.52. The monoisotopic (exact) mass is 224 g/mol. The highest BCUT2D eigenvalue weighted by Crippen LogP contribution is 2.19. The van der Waals surface area contributed by atoms with Crippen LogP contribution in [0.25, 0.3) is 10.9 Å². The van der Waals surface area contributed by atoms with Gasteiger partial charge >= 0.3 is 0 Å². The van der Waals surface area contributed by atoms with E-state index in [1.807, 2.05) is 6.07 Å². The van der Waals surface area contributed by atoms with Crippen molar-refractivity contribution in [2.75, 3.05) is 6.26 Å². The standard InChI is InChI=1S/C10H12N2O2S/c1-15(13,14)9-3-2-7-4-8(6-11)12-10(7)5-9/h2-5,12H,6,11H2,1H3. The molecule has 0 saturated carbocycles. The fraction of sp³-hybridized carbons (Fsp3) is 0.200. The Bertz CT molecular complexity index is 599. The fourth-order valence-corrected chi connectivity index (χ4v) is 2.15. The summed E-state index contributed by atoms with van der Waals surface area (Å²) in [5, 5.41) is 0.975. The van der Waals surface area contributed by atoms with Crippen LogP contribution in [0.4, 0.5) is 0 Å². The SMILES string of the molecule is CS(=O)(=O)c1ccc2cc(CN)[nH]c2c1. The van der Waals surface area contributed by atoms with Gasteiger partial charge in [0, 0.05) is 24.0 Å². The average Bonchev–Trinajstić information content (AvgIpc) is 2.57. The number of hydrogen-bond donors (Lipinski definition) is 2. The zero-order valence-electron chi connectivity index (χ0n) is 8.32. The van der Waals surface area contributed by atoms with Gasteiger partial charge in [0.1, 0.15) is 0 Å². The van der Waals surface area contributed by atoms with Gasteiger partial charge in [0.2, 0.25) is 0 Å². The van der Waals surface area contributed by atoms with Crippen LogP contribution in [-0.2, 0) is 16.4 Å². The predicted octanol–water partition coefficient (Wildman–Crippen LogP) is 1.03. The van der Waals surface area contributed by atoms with Crippen LogP contribution in [-0.4, -0.2) is 19.7 Å². The van der Waals surface area contributed by atoms with Crippen LogP contribution in [0.2, 0.25) is 0 Å². The summed E-state index contributed by atoms with van der Waals surface area (Å²) in [6.07, 6.45) is 1.20. The number of nitrogens with two attached hydrogens (primary N) is 1. The molecule has 1 heterocycles. The Morgan fingerprint density at radius 2 is 2.07 bits per heavy atom. The molecule has 0 amide bonds. The van der Waals surface area contributed by atoms with Gasteiger partial charge in [0.05, 0.1) is 4.90 Å². The lowest BCUT2D eigenvalue weighted by atomic mass is 10.2. The molecule has 0 aliphatic rings. The minimum Gasteiger partial charge on any atom is -0.357 e. The predicted molar refractivity (Wildman–Crippen MR) is 59.3 cm³/mol. The topological polar surface area (TPSA) is 75.9 Å². The van der Waals surface area contributed by atoms with Crippen molar-refractivity contribution in [2.24, 2.45) is 5.73 Å². The maximum Gasteiger partial charge on any atom is 0.175 e. The van der Waals surface area contributed by atoms with Crippen LogP contribution in [0.1, 0.15) is 5.69 Å². The number of nitrogens with one attached hydrogen (secondary N) is 1. The summed E-state index contributed by atoms with van der Waals surface area (Å²) in [6, 6.07) is 6.93. The molecule has 0 spiro atoms. The number of sulfone groups is 1. The first-order valence-corrected chi connectivity index (χ1v) is 6.41. The fourth-order valence-electron chi connectivity index (χ4n) is 1.51. The number of H-pyrrole nitrogens is 1. The molecule has 2 aromatic rings. The van der Waals surface area contributed by atoms with E-state index in [-0.39, 0.29) is 0 Å². The van der Waals surface area contributed by atoms with Gasteiger partial charge in [0.15, 0.2) is 9.84 Å². The second-order valence-corrected chi connectivity index (χ2v) is 5.54. The Kier molecular flexibility index (Phi) is 2.28. The van der Waals surface area contributed by atoms with Gasteiger partial charge in [-0.1, -0.05) is 6.07 Å². The van der Waals surface area contributed by atoms with Crippen molar-refractivity contribution in [3.05, 3.63) is 30.0 Å². The van der Waals surface area contributed by atoms with E-state index in [1.54, 1.807) is 18.2 Å². The number of fused-ring (bicyclic) bond motifs is 1. The van der Waals surface area contributed by atoms with Gasteiger partial charge < -0.3 is 10.7 Å². The van der Waals surface area contributed by atoms with E-state index >= 15 is 0 Å². The number of rotatable bonds is 2. The van der Waals surface area contributed by atoms with Gasteiger partial charge in [-0.2, -0.15) is 0 Å². The first-order chi connectivity index (χ1) is 7.00. The highest BCUT2D eigenvalue weighted by Gasteiger charge is 2.08. The zero-order chi connectivity index (χ0) is 11.1. The summed E-state index contributed by atoms with van der Waals surface area (Å²) in [5.41, 5.74) is 7.19. The lowest BCUT2D eigenvalue weighted by Gasteiger charge is -1.97. The molecule has 0 aliphatic heterocycles. The summed E-state index contributed by atoms with van der Waals surface area (Å²) in [6.45, 7) is 0.420. The molecule has 0 aliphatic carbocycles. The normalized spacial score (nSPS) is 12.1. The van der Waals surface area contributed by atoms with Crippen LogP contribution in [0.5, 0.6) is 0 Å². The molecular weight excluding hydrogens is 212 g/mol. The lowest BCUT2D eigenvalue weighted by Crippen LogP contribution is -1.96. The van der Waals surface area contributed by atoms with Gasteiger partial charge in [-0.25, -0.2) is 8.42 Å². The van der Waals surface area contributed by atoms with Crippen molar-refractivity contribution in [2.45, 2.75) is 11.4 Å². The summed E-state index contributed by atoms with van der Waals surface area (Å²) in [7, 11) is -3.14. The summed E-state index contributed by atoms with van der Waals surface area (Å²) >= 11 is 0. The summed E-state index contributed by atoms with van der Waals surface area (Å²) in [5.74, 6) is 0. The van der Waals surface area contributed by atoms with Crippen molar-refractivity contribution >= 4 is 20.7 Å². The smallest absolute Gasteiger partial charge is 0.175 e. The summed E-state index contributed by atoms with van der Waals surface area (Å²) < 4.78 is 22.6. The van der Waals surface area contributed by atoms with Crippen LogP contribution in [0.15, 0.2) is 29.2 Å². The molecule has 5 heteroatoms. The van der Waals surface area contributed by atoms with Crippen molar-refractivity contribution in [3.8, 4) is 0 Å². The Morgan fingerprint density at radius 3 is 2.67 bits per heavy atom. The molecule has 0 saturated heterocycles. The quantitative estimate of drug-likeness (QED) is 0.800. The van der Waals surface area contributed by atoms with E-state index in [9.17, 15) is 8.42 Å². The van der Waals surface area contributed by atoms with E-state index in [0.29, 0.717) is 11.4 Å².